The number of hydrogen-bond donors (Lipinski definition) is 0. The van der Waals surface area contributed by atoms with Crippen LogP contribution >= 0.6 is 0 Å². The highest BCUT2D eigenvalue weighted by Gasteiger charge is 2.27. The molecular formula is C25H20N4. The summed E-state index contributed by atoms with van der Waals surface area (Å²) in [5.41, 5.74) is 6.57. The molecule has 2 heterocycles. The van der Waals surface area contributed by atoms with Crippen molar-refractivity contribution < 1.29 is 0 Å². The van der Waals surface area contributed by atoms with Crippen LogP contribution in [0.2, 0.25) is 0 Å². The van der Waals surface area contributed by atoms with Gasteiger partial charge in [0, 0.05) is 36.2 Å². The first-order chi connectivity index (χ1) is 14.2. The molecule has 3 aromatic carbocycles. The van der Waals surface area contributed by atoms with Gasteiger partial charge in [0.2, 0.25) is 0 Å². The fourth-order valence-electron chi connectivity index (χ4n) is 4.48. The molecule has 1 aliphatic heterocycles. The fourth-order valence-corrected chi connectivity index (χ4v) is 4.48. The predicted molar refractivity (Wildman–Crippen MR) is 114 cm³/mol. The first-order valence-electron chi connectivity index (χ1n) is 9.76. The predicted octanol–water partition coefficient (Wildman–Crippen LogP) is 4.75. The molecule has 0 saturated carbocycles. The van der Waals surface area contributed by atoms with E-state index >= 15 is 0 Å². The maximum Gasteiger partial charge on any atom is 0.0998 e. The summed E-state index contributed by atoms with van der Waals surface area (Å²) in [5, 5.41) is 20.2. The zero-order chi connectivity index (χ0) is 19.8. The Bertz CT molecular complexity index is 1240. The average molecular weight is 376 g/mol. The lowest BCUT2D eigenvalue weighted by molar-refractivity contribution is 0.296. The van der Waals surface area contributed by atoms with Gasteiger partial charge in [-0.05, 0) is 53.4 Å². The molecular weight excluding hydrogens is 356 g/mol. The van der Waals surface area contributed by atoms with Crippen molar-refractivity contribution in [2.24, 2.45) is 0 Å². The number of aromatic nitrogens is 2. The van der Waals surface area contributed by atoms with Gasteiger partial charge >= 0.3 is 0 Å². The van der Waals surface area contributed by atoms with E-state index in [-0.39, 0.29) is 5.92 Å². The smallest absolute Gasteiger partial charge is 0.0998 e. The molecule has 0 bridgehead atoms. The Labute approximate surface area is 170 Å². The van der Waals surface area contributed by atoms with Gasteiger partial charge in [0.05, 0.1) is 17.3 Å². The topological polar surface area (TPSA) is 52.8 Å². The molecule has 0 saturated heterocycles. The maximum atomic E-state index is 9.69. The Morgan fingerprint density at radius 3 is 2.66 bits per heavy atom. The molecule has 29 heavy (non-hydrogen) atoms. The third-order valence-corrected chi connectivity index (χ3v) is 5.75. The van der Waals surface area contributed by atoms with E-state index in [4.69, 9.17) is 0 Å². The first-order valence-corrected chi connectivity index (χ1v) is 9.76. The monoisotopic (exact) mass is 376 g/mol. The van der Waals surface area contributed by atoms with Crippen LogP contribution in [0.4, 0.5) is 0 Å². The Balaban J connectivity index is 1.68. The standard InChI is InChI=1S/C25H20N4/c1-29-15-20-13-18(24-9-4-12-27-28-24)10-11-21(20)23(16-29)22-8-3-6-17-5-2-7-19(14-26)25(17)22/h2-13,23H,15-16H2,1H3. The number of hydrogen-bond acceptors (Lipinski definition) is 4. The molecule has 0 N–H and O–H groups in total. The largest absolute Gasteiger partial charge is 0.301 e. The molecule has 1 aliphatic rings. The highest BCUT2D eigenvalue weighted by molar-refractivity contribution is 5.91. The zero-order valence-electron chi connectivity index (χ0n) is 16.2. The van der Waals surface area contributed by atoms with E-state index < -0.39 is 0 Å². The van der Waals surface area contributed by atoms with E-state index in [9.17, 15) is 5.26 Å². The summed E-state index contributed by atoms with van der Waals surface area (Å²) in [6.07, 6.45) is 1.69. The van der Waals surface area contributed by atoms with Crippen LogP contribution in [0, 0.1) is 11.3 Å². The minimum Gasteiger partial charge on any atom is -0.301 e. The van der Waals surface area contributed by atoms with E-state index in [0.717, 1.165) is 40.7 Å². The van der Waals surface area contributed by atoms with Gasteiger partial charge in [0.1, 0.15) is 0 Å². The molecule has 4 heteroatoms. The lowest BCUT2D eigenvalue weighted by Crippen LogP contribution is -2.31. The highest BCUT2D eigenvalue weighted by atomic mass is 15.1. The minimum absolute atomic E-state index is 0.220. The quantitative estimate of drug-likeness (QED) is 0.507. The summed E-state index contributed by atoms with van der Waals surface area (Å²) in [4.78, 5) is 2.35. The van der Waals surface area contributed by atoms with Gasteiger partial charge in [-0.25, -0.2) is 0 Å². The van der Waals surface area contributed by atoms with Crippen LogP contribution in [0.3, 0.4) is 0 Å². The number of fused-ring (bicyclic) bond motifs is 2. The number of nitriles is 1. The Hall–Kier alpha value is -3.55. The summed E-state index contributed by atoms with van der Waals surface area (Å²) >= 11 is 0. The molecule has 0 amide bonds. The third kappa shape index (κ3) is 3.06. The third-order valence-electron chi connectivity index (χ3n) is 5.75. The lowest BCUT2D eigenvalue weighted by atomic mass is 9.81. The molecule has 4 nitrogen and oxygen atoms in total. The van der Waals surface area contributed by atoms with Crippen LogP contribution in [0.25, 0.3) is 22.0 Å². The van der Waals surface area contributed by atoms with E-state index in [2.05, 4.69) is 70.7 Å². The first kappa shape index (κ1) is 17.5. The SMILES string of the molecule is CN1Cc2cc(-c3cccnn3)ccc2C(c2cccc3cccc(C#N)c23)C1. The fraction of sp³-hybridized carbons (Fsp3) is 0.160. The Morgan fingerprint density at radius 1 is 1.00 bits per heavy atom. The highest BCUT2D eigenvalue weighted by Crippen LogP contribution is 2.38. The second-order valence-electron chi connectivity index (χ2n) is 7.63. The van der Waals surface area contributed by atoms with Gasteiger partial charge in [-0.15, -0.1) is 0 Å². The van der Waals surface area contributed by atoms with Crippen molar-refractivity contribution in [2.45, 2.75) is 12.5 Å². The van der Waals surface area contributed by atoms with E-state index in [0.29, 0.717) is 0 Å². The van der Waals surface area contributed by atoms with Crippen LogP contribution in [-0.2, 0) is 6.54 Å². The van der Waals surface area contributed by atoms with E-state index in [1.54, 1.807) is 6.20 Å². The number of rotatable bonds is 2. The molecule has 4 aromatic rings. The summed E-state index contributed by atoms with van der Waals surface area (Å²) in [6, 6.07) is 25.2. The molecule has 1 atom stereocenters. The lowest BCUT2D eigenvalue weighted by Gasteiger charge is -2.33. The maximum absolute atomic E-state index is 9.69. The van der Waals surface area contributed by atoms with Gasteiger partial charge in [-0.3, -0.25) is 0 Å². The molecule has 0 spiro atoms. The van der Waals surface area contributed by atoms with Crippen molar-refractivity contribution in [1.29, 1.82) is 5.26 Å². The summed E-state index contributed by atoms with van der Waals surface area (Å²) in [7, 11) is 2.15. The van der Waals surface area contributed by atoms with Gasteiger partial charge < -0.3 is 4.90 Å². The van der Waals surface area contributed by atoms with Crippen LogP contribution in [0.15, 0.2) is 72.9 Å². The van der Waals surface area contributed by atoms with E-state index in [1.807, 2.05) is 24.3 Å². The Kier molecular flexibility index (Phi) is 4.31. The summed E-state index contributed by atoms with van der Waals surface area (Å²) in [5.74, 6) is 0.220. The van der Waals surface area contributed by atoms with E-state index in [1.165, 1.54) is 16.7 Å². The summed E-state index contributed by atoms with van der Waals surface area (Å²) < 4.78 is 0. The second kappa shape index (κ2) is 7.12. The number of benzene rings is 3. The van der Waals surface area contributed by atoms with Gasteiger partial charge in [-0.1, -0.05) is 42.5 Å². The van der Waals surface area contributed by atoms with Crippen molar-refractivity contribution in [3.8, 4) is 17.3 Å². The van der Waals surface area contributed by atoms with Crippen LogP contribution in [0.1, 0.15) is 28.2 Å². The number of nitrogens with zero attached hydrogens (tertiary/aromatic N) is 4. The van der Waals surface area contributed by atoms with Crippen LogP contribution < -0.4 is 0 Å². The van der Waals surface area contributed by atoms with Crippen molar-refractivity contribution in [2.75, 3.05) is 13.6 Å². The van der Waals surface area contributed by atoms with Crippen molar-refractivity contribution >= 4 is 10.8 Å². The second-order valence-corrected chi connectivity index (χ2v) is 7.63. The average Bonchev–Trinajstić information content (AvgIpc) is 2.77. The number of likely N-dealkylation sites (N-methyl/N-ethyl adjacent to an activating group) is 1. The normalized spacial score (nSPS) is 16.3. The Morgan fingerprint density at radius 2 is 1.86 bits per heavy atom. The molecule has 0 radical (unpaired) electrons. The summed E-state index contributed by atoms with van der Waals surface area (Å²) in [6.45, 7) is 1.83. The van der Waals surface area contributed by atoms with Crippen LogP contribution in [-0.4, -0.2) is 28.7 Å². The van der Waals surface area contributed by atoms with Crippen molar-refractivity contribution in [1.82, 2.24) is 15.1 Å². The molecule has 140 valence electrons. The van der Waals surface area contributed by atoms with Gasteiger partial charge in [0.15, 0.2) is 0 Å². The molecule has 5 rings (SSSR count). The molecule has 1 aromatic heterocycles. The molecule has 1 unspecified atom stereocenters. The van der Waals surface area contributed by atoms with Crippen LogP contribution in [0.5, 0.6) is 0 Å². The molecule has 0 fully saturated rings. The minimum atomic E-state index is 0.220. The van der Waals surface area contributed by atoms with Gasteiger partial charge in [-0.2, -0.15) is 15.5 Å². The van der Waals surface area contributed by atoms with Crippen molar-refractivity contribution in [3.63, 3.8) is 0 Å². The van der Waals surface area contributed by atoms with Gasteiger partial charge in [0.25, 0.3) is 0 Å². The van der Waals surface area contributed by atoms with Crippen molar-refractivity contribution in [3.05, 3.63) is 95.2 Å². The zero-order valence-corrected chi connectivity index (χ0v) is 16.2. The molecule has 0 aliphatic carbocycles.